The number of amidine groups is 1. The van der Waals surface area contributed by atoms with E-state index in [4.69, 9.17) is 15.9 Å². The molecule has 1 aromatic rings. The minimum atomic E-state index is -0.835. The first kappa shape index (κ1) is 13.4. The van der Waals surface area contributed by atoms with Gasteiger partial charge >= 0.3 is 0 Å². The molecule has 0 aliphatic carbocycles. The SMILES string of the molecule is CCCC(C)Oc1c(F)cc(C(=N)N)cc1F. The van der Waals surface area contributed by atoms with Crippen molar-refractivity contribution in [3.8, 4) is 5.75 Å². The van der Waals surface area contributed by atoms with Crippen LogP contribution in [-0.4, -0.2) is 11.9 Å². The molecule has 94 valence electrons. The van der Waals surface area contributed by atoms with Crippen LogP contribution in [-0.2, 0) is 0 Å². The molecule has 1 atom stereocenters. The molecule has 1 aromatic carbocycles. The Hall–Kier alpha value is -1.65. The number of halogens is 2. The molecule has 0 spiro atoms. The van der Waals surface area contributed by atoms with Crippen molar-refractivity contribution in [2.75, 3.05) is 0 Å². The van der Waals surface area contributed by atoms with E-state index in [9.17, 15) is 8.78 Å². The Kier molecular flexibility index (Phi) is 4.43. The van der Waals surface area contributed by atoms with Gasteiger partial charge in [-0.15, -0.1) is 0 Å². The Morgan fingerprint density at radius 1 is 1.41 bits per heavy atom. The second kappa shape index (κ2) is 5.61. The van der Waals surface area contributed by atoms with Gasteiger partial charge < -0.3 is 10.5 Å². The van der Waals surface area contributed by atoms with Crippen molar-refractivity contribution in [2.45, 2.75) is 32.8 Å². The van der Waals surface area contributed by atoms with E-state index in [1.54, 1.807) is 6.92 Å². The van der Waals surface area contributed by atoms with E-state index in [-0.39, 0.29) is 17.5 Å². The molecule has 0 fully saturated rings. The van der Waals surface area contributed by atoms with Crippen LogP contribution in [0.1, 0.15) is 32.3 Å². The third kappa shape index (κ3) is 3.41. The van der Waals surface area contributed by atoms with Gasteiger partial charge in [0.1, 0.15) is 5.84 Å². The minimum Gasteiger partial charge on any atom is -0.485 e. The zero-order valence-corrected chi connectivity index (χ0v) is 9.89. The maximum absolute atomic E-state index is 13.6. The minimum absolute atomic E-state index is 0.00972. The average Bonchev–Trinajstić information content (AvgIpc) is 2.23. The van der Waals surface area contributed by atoms with Gasteiger partial charge in [-0.25, -0.2) is 8.78 Å². The highest BCUT2D eigenvalue weighted by Crippen LogP contribution is 2.25. The van der Waals surface area contributed by atoms with Crippen molar-refractivity contribution in [3.63, 3.8) is 0 Å². The number of rotatable bonds is 5. The second-order valence-corrected chi connectivity index (χ2v) is 3.90. The molecule has 1 rings (SSSR count). The highest BCUT2D eigenvalue weighted by atomic mass is 19.1. The molecule has 5 heteroatoms. The summed E-state index contributed by atoms with van der Waals surface area (Å²) in [6, 6.07) is 2.00. The predicted octanol–water partition coefficient (Wildman–Crippen LogP) is 2.82. The number of nitrogen functional groups attached to an aromatic ring is 1. The number of hydrogen-bond donors (Lipinski definition) is 2. The van der Waals surface area contributed by atoms with Crippen molar-refractivity contribution < 1.29 is 13.5 Å². The highest BCUT2D eigenvalue weighted by Gasteiger charge is 2.16. The molecule has 17 heavy (non-hydrogen) atoms. The van der Waals surface area contributed by atoms with Crippen LogP contribution >= 0.6 is 0 Å². The lowest BCUT2D eigenvalue weighted by molar-refractivity contribution is 0.191. The summed E-state index contributed by atoms with van der Waals surface area (Å²) < 4.78 is 32.3. The lowest BCUT2D eigenvalue weighted by atomic mass is 10.1. The first-order valence-corrected chi connectivity index (χ1v) is 5.45. The Morgan fingerprint density at radius 2 is 1.94 bits per heavy atom. The molecule has 0 bridgehead atoms. The molecule has 0 heterocycles. The van der Waals surface area contributed by atoms with E-state index in [1.807, 2.05) is 6.92 Å². The van der Waals surface area contributed by atoms with Crippen molar-refractivity contribution >= 4 is 5.84 Å². The molecule has 0 radical (unpaired) electrons. The number of ether oxygens (including phenoxy) is 1. The summed E-state index contributed by atoms with van der Waals surface area (Å²) in [7, 11) is 0. The standard InChI is InChI=1S/C12H16F2N2O/c1-3-4-7(2)17-11-9(13)5-8(12(15)16)6-10(11)14/h5-7H,3-4H2,1-2H3,(H3,15,16). The van der Waals surface area contributed by atoms with Crippen LogP contribution in [0, 0.1) is 17.0 Å². The molecule has 3 nitrogen and oxygen atoms in total. The Bertz CT molecular complexity index is 398. The Morgan fingerprint density at radius 3 is 2.35 bits per heavy atom. The largest absolute Gasteiger partial charge is 0.485 e. The van der Waals surface area contributed by atoms with Gasteiger partial charge in [-0.3, -0.25) is 5.41 Å². The average molecular weight is 242 g/mol. The van der Waals surface area contributed by atoms with Crippen molar-refractivity contribution in [1.29, 1.82) is 5.41 Å². The topological polar surface area (TPSA) is 59.1 Å². The van der Waals surface area contributed by atoms with Gasteiger partial charge in [-0.05, 0) is 25.5 Å². The van der Waals surface area contributed by atoms with E-state index in [0.717, 1.165) is 18.6 Å². The van der Waals surface area contributed by atoms with Crippen LogP contribution in [0.5, 0.6) is 5.75 Å². The number of benzene rings is 1. The lowest BCUT2D eigenvalue weighted by Gasteiger charge is -2.15. The molecule has 0 amide bonds. The summed E-state index contributed by atoms with van der Waals surface area (Å²) in [5, 5.41) is 7.11. The molecule has 0 aromatic heterocycles. The number of nitrogens with two attached hydrogens (primary N) is 1. The van der Waals surface area contributed by atoms with Crippen LogP contribution in [0.2, 0.25) is 0 Å². The van der Waals surface area contributed by atoms with E-state index in [0.29, 0.717) is 6.42 Å². The van der Waals surface area contributed by atoms with E-state index < -0.39 is 17.4 Å². The van der Waals surface area contributed by atoms with Gasteiger partial charge in [-0.2, -0.15) is 0 Å². The molecular formula is C12H16F2N2O. The predicted molar refractivity (Wildman–Crippen MR) is 62.4 cm³/mol. The van der Waals surface area contributed by atoms with Crippen molar-refractivity contribution in [3.05, 3.63) is 29.3 Å². The van der Waals surface area contributed by atoms with Crippen molar-refractivity contribution in [2.24, 2.45) is 5.73 Å². The Balaban J connectivity index is 2.97. The molecule has 3 N–H and O–H groups in total. The lowest BCUT2D eigenvalue weighted by Crippen LogP contribution is -2.15. The molecule has 0 aliphatic heterocycles. The van der Waals surface area contributed by atoms with Gasteiger partial charge in [0.05, 0.1) is 6.10 Å². The third-order valence-electron chi connectivity index (χ3n) is 2.32. The van der Waals surface area contributed by atoms with E-state index >= 15 is 0 Å². The summed E-state index contributed by atoms with van der Waals surface area (Å²) in [4.78, 5) is 0. The summed E-state index contributed by atoms with van der Waals surface area (Å²) in [5.74, 6) is -2.46. The fourth-order valence-electron chi connectivity index (χ4n) is 1.49. The second-order valence-electron chi connectivity index (χ2n) is 3.90. The highest BCUT2D eigenvalue weighted by molar-refractivity contribution is 5.95. The fraction of sp³-hybridized carbons (Fsp3) is 0.417. The summed E-state index contributed by atoms with van der Waals surface area (Å²) in [5.41, 5.74) is 5.17. The van der Waals surface area contributed by atoms with E-state index in [2.05, 4.69) is 0 Å². The maximum Gasteiger partial charge on any atom is 0.191 e. The Labute approximate surface area is 99.1 Å². The smallest absolute Gasteiger partial charge is 0.191 e. The number of nitrogens with one attached hydrogen (secondary N) is 1. The maximum atomic E-state index is 13.6. The van der Waals surface area contributed by atoms with Gasteiger partial charge in [0.2, 0.25) is 0 Å². The molecule has 0 saturated heterocycles. The van der Waals surface area contributed by atoms with Gasteiger partial charge in [0.15, 0.2) is 17.4 Å². The molecular weight excluding hydrogens is 226 g/mol. The van der Waals surface area contributed by atoms with E-state index in [1.165, 1.54) is 0 Å². The first-order chi connectivity index (χ1) is 7.95. The van der Waals surface area contributed by atoms with Gasteiger partial charge in [0, 0.05) is 5.56 Å². The zero-order valence-electron chi connectivity index (χ0n) is 9.89. The van der Waals surface area contributed by atoms with Crippen LogP contribution in [0.3, 0.4) is 0 Å². The van der Waals surface area contributed by atoms with Gasteiger partial charge in [-0.1, -0.05) is 13.3 Å². The summed E-state index contributed by atoms with van der Waals surface area (Å²) in [6.45, 7) is 3.71. The van der Waals surface area contributed by atoms with Crippen LogP contribution in [0.25, 0.3) is 0 Å². The van der Waals surface area contributed by atoms with Crippen LogP contribution < -0.4 is 10.5 Å². The molecule has 0 aliphatic rings. The van der Waals surface area contributed by atoms with Gasteiger partial charge in [0.25, 0.3) is 0 Å². The first-order valence-electron chi connectivity index (χ1n) is 5.45. The zero-order chi connectivity index (χ0) is 13.0. The van der Waals surface area contributed by atoms with Crippen molar-refractivity contribution in [1.82, 2.24) is 0 Å². The summed E-state index contributed by atoms with van der Waals surface area (Å²) in [6.07, 6.45) is 1.33. The monoisotopic (exact) mass is 242 g/mol. The quantitative estimate of drug-likeness (QED) is 0.616. The summed E-state index contributed by atoms with van der Waals surface area (Å²) >= 11 is 0. The number of hydrogen-bond acceptors (Lipinski definition) is 2. The molecule has 1 unspecified atom stereocenters. The normalized spacial score (nSPS) is 12.2. The van der Waals surface area contributed by atoms with Crippen LogP contribution in [0.4, 0.5) is 8.78 Å². The molecule has 0 saturated carbocycles. The van der Waals surface area contributed by atoms with Crippen LogP contribution in [0.15, 0.2) is 12.1 Å². The third-order valence-corrected chi connectivity index (χ3v) is 2.32. The fourth-order valence-corrected chi connectivity index (χ4v) is 1.49.